The van der Waals surface area contributed by atoms with Crippen molar-refractivity contribution in [1.82, 2.24) is 14.0 Å². The van der Waals surface area contributed by atoms with Gasteiger partial charge >= 0.3 is 16.2 Å². The number of esters is 1. The summed E-state index contributed by atoms with van der Waals surface area (Å²) in [5, 5.41) is 3.12. The monoisotopic (exact) mass is 349 g/mol. The van der Waals surface area contributed by atoms with E-state index < -0.39 is 16.2 Å². The van der Waals surface area contributed by atoms with Crippen molar-refractivity contribution in [2.75, 3.05) is 20.1 Å². The predicted molar refractivity (Wildman–Crippen MR) is 89.0 cm³/mol. The Hall–Kier alpha value is -2.16. The minimum atomic E-state index is -3.81. The standard InChI is InChI=1S/C16H19N3O4S/c1-17-24(21,22)19-8-7-14(13-9-18-10-13)15(19)16(20)23-11-12-5-3-2-4-6-12/h2-8,13,17-18H,9-11H2,1H3. The molecule has 0 unspecified atom stereocenters. The molecule has 3 rings (SSSR count). The van der Waals surface area contributed by atoms with Crippen LogP contribution in [0, 0.1) is 0 Å². The number of hydrogen-bond donors (Lipinski definition) is 2. The number of nitrogens with zero attached hydrogens (tertiary/aromatic N) is 1. The molecule has 1 saturated heterocycles. The lowest BCUT2D eigenvalue weighted by molar-refractivity contribution is 0.0462. The summed E-state index contributed by atoms with van der Waals surface area (Å²) < 4.78 is 32.9. The number of carbonyl (C=O) groups excluding carboxylic acids is 1. The summed E-state index contributed by atoms with van der Waals surface area (Å²) in [6, 6.07) is 10.9. The third-order valence-electron chi connectivity index (χ3n) is 4.03. The molecule has 7 nitrogen and oxygen atoms in total. The van der Waals surface area contributed by atoms with Crippen LogP contribution in [0.5, 0.6) is 0 Å². The quantitative estimate of drug-likeness (QED) is 0.755. The molecule has 2 aromatic rings. The summed E-state index contributed by atoms with van der Waals surface area (Å²) in [5.41, 5.74) is 1.59. The van der Waals surface area contributed by atoms with E-state index >= 15 is 0 Å². The number of carbonyl (C=O) groups is 1. The fraction of sp³-hybridized carbons (Fsp3) is 0.312. The number of ether oxygens (including phenoxy) is 1. The van der Waals surface area contributed by atoms with Crippen LogP contribution in [0.4, 0.5) is 0 Å². The molecular formula is C16H19N3O4S. The molecule has 0 saturated carbocycles. The first-order valence-electron chi connectivity index (χ1n) is 7.60. The van der Waals surface area contributed by atoms with E-state index in [9.17, 15) is 13.2 Å². The van der Waals surface area contributed by atoms with Gasteiger partial charge in [-0.3, -0.25) is 0 Å². The van der Waals surface area contributed by atoms with Crippen LogP contribution >= 0.6 is 0 Å². The van der Waals surface area contributed by atoms with Gasteiger partial charge in [-0.2, -0.15) is 8.42 Å². The number of aromatic nitrogens is 1. The van der Waals surface area contributed by atoms with Crippen molar-refractivity contribution in [1.29, 1.82) is 0 Å². The van der Waals surface area contributed by atoms with E-state index in [0.29, 0.717) is 18.7 Å². The number of hydrogen-bond acceptors (Lipinski definition) is 5. The van der Waals surface area contributed by atoms with Gasteiger partial charge in [-0.05, 0) is 17.2 Å². The van der Waals surface area contributed by atoms with Crippen molar-refractivity contribution in [3.63, 3.8) is 0 Å². The molecular weight excluding hydrogens is 330 g/mol. The van der Waals surface area contributed by atoms with Gasteiger partial charge in [-0.1, -0.05) is 30.3 Å². The smallest absolute Gasteiger partial charge is 0.356 e. The highest BCUT2D eigenvalue weighted by atomic mass is 32.2. The van der Waals surface area contributed by atoms with Gasteiger partial charge in [0.05, 0.1) is 0 Å². The summed E-state index contributed by atoms with van der Waals surface area (Å²) in [6.45, 7) is 1.51. The van der Waals surface area contributed by atoms with Gasteiger partial charge in [-0.15, -0.1) is 0 Å². The molecule has 128 valence electrons. The Kier molecular flexibility index (Phi) is 4.70. The Labute approximate surface area is 140 Å². The molecule has 0 amide bonds. The molecule has 0 aliphatic carbocycles. The number of nitrogens with one attached hydrogen (secondary N) is 2. The molecule has 1 aromatic carbocycles. The second kappa shape index (κ2) is 6.76. The normalized spacial score (nSPS) is 15.0. The molecule has 1 aliphatic rings. The average Bonchev–Trinajstić information content (AvgIpc) is 2.97. The lowest BCUT2D eigenvalue weighted by Gasteiger charge is -2.27. The van der Waals surface area contributed by atoms with Crippen molar-refractivity contribution in [3.05, 3.63) is 59.4 Å². The first-order valence-corrected chi connectivity index (χ1v) is 9.04. The van der Waals surface area contributed by atoms with Crippen LogP contribution < -0.4 is 10.0 Å². The molecule has 1 aromatic heterocycles. The topological polar surface area (TPSA) is 89.4 Å². The first-order chi connectivity index (χ1) is 11.5. The van der Waals surface area contributed by atoms with Crippen LogP contribution in [-0.2, 0) is 21.6 Å². The average molecular weight is 349 g/mol. The molecule has 1 fully saturated rings. The van der Waals surface area contributed by atoms with E-state index in [4.69, 9.17) is 4.74 Å². The summed E-state index contributed by atoms with van der Waals surface area (Å²) in [5.74, 6) is -0.540. The Balaban J connectivity index is 1.89. The van der Waals surface area contributed by atoms with Gasteiger partial charge in [0.25, 0.3) is 0 Å². The molecule has 8 heteroatoms. The van der Waals surface area contributed by atoms with Crippen LogP contribution in [0.1, 0.15) is 27.5 Å². The van der Waals surface area contributed by atoms with Gasteiger partial charge < -0.3 is 10.1 Å². The number of benzene rings is 1. The summed E-state index contributed by atoms with van der Waals surface area (Å²) in [6.07, 6.45) is 1.39. The molecule has 24 heavy (non-hydrogen) atoms. The van der Waals surface area contributed by atoms with Crippen LogP contribution in [0.25, 0.3) is 0 Å². The van der Waals surface area contributed by atoms with Crippen molar-refractivity contribution >= 4 is 16.2 Å². The second-order valence-corrected chi connectivity index (χ2v) is 7.29. The Morgan fingerprint density at radius 2 is 2.00 bits per heavy atom. The Morgan fingerprint density at radius 1 is 1.29 bits per heavy atom. The number of rotatable bonds is 6. The van der Waals surface area contributed by atoms with Crippen molar-refractivity contribution in [2.45, 2.75) is 12.5 Å². The largest absolute Gasteiger partial charge is 0.456 e. The Morgan fingerprint density at radius 3 is 2.58 bits per heavy atom. The van der Waals surface area contributed by atoms with Gasteiger partial charge in [0, 0.05) is 32.3 Å². The molecule has 2 N–H and O–H groups in total. The Bertz CT molecular complexity index is 826. The van der Waals surface area contributed by atoms with Gasteiger partial charge in [0.15, 0.2) is 0 Å². The van der Waals surface area contributed by atoms with Crippen LogP contribution in [0.15, 0.2) is 42.6 Å². The van der Waals surface area contributed by atoms with E-state index in [1.54, 1.807) is 6.07 Å². The predicted octanol–water partition coefficient (Wildman–Crippen LogP) is 0.844. The maximum atomic E-state index is 12.6. The maximum Gasteiger partial charge on any atom is 0.356 e. The van der Waals surface area contributed by atoms with Crippen LogP contribution in [-0.4, -0.2) is 38.5 Å². The molecule has 0 spiro atoms. The van der Waals surface area contributed by atoms with E-state index in [1.807, 2.05) is 30.3 Å². The molecule has 1 aliphatic heterocycles. The molecule has 2 heterocycles. The van der Waals surface area contributed by atoms with Crippen molar-refractivity contribution in [3.8, 4) is 0 Å². The second-order valence-electron chi connectivity index (χ2n) is 5.54. The SMILES string of the molecule is CNS(=O)(=O)n1ccc(C2CNC2)c1C(=O)OCc1ccccc1. The molecule has 0 atom stereocenters. The third-order valence-corrected chi connectivity index (χ3v) is 5.37. The van der Waals surface area contributed by atoms with Crippen LogP contribution in [0.2, 0.25) is 0 Å². The van der Waals surface area contributed by atoms with Crippen molar-refractivity contribution in [2.24, 2.45) is 0 Å². The first kappa shape index (κ1) is 16.7. The zero-order valence-corrected chi connectivity index (χ0v) is 14.0. The van der Waals surface area contributed by atoms with Gasteiger partial charge in [0.1, 0.15) is 12.3 Å². The highest BCUT2D eigenvalue weighted by Gasteiger charge is 2.31. The van der Waals surface area contributed by atoms with E-state index in [-0.39, 0.29) is 18.2 Å². The zero-order valence-electron chi connectivity index (χ0n) is 13.2. The maximum absolute atomic E-state index is 12.6. The highest BCUT2D eigenvalue weighted by molar-refractivity contribution is 7.88. The minimum Gasteiger partial charge on any atom is -0.456 e. The third kappa shape index (κ3) is 3.21. The minimum absolute atomic E-state index is 0.0618. The van der Waals surface area contributed by atoms with E-state index in [2.05, 4.69) is 10.0 Å². The van der Waals surface area contributed by atoms with Gasteiger partial charge in [-0.25, -0.2) is 13.5 Å². The van der Waals surface area contributed by atoms with Crippen molar-refractivity contribution < 1.29 is 17.9 Å². The summed E-state index contributed by atoms with van der Waals surface area (Å²) in [7, 11) is -2.50. The molecule has 0 bridgehead atoms. The fourth-order valence-corrected chi connectivity index (χ4v) is 3.40. The van der Waals surface area contributed by atoms with Crippen LogP contribution in [0.3, 0.4) is 0 Å². The summed E-state index contributed by atoms with van der Waals surface area (Å²) in [4.78, 5) is 12.6. The lowest BCUT2D eigenvalue weighted by atomic mass is 9.94. The zero-order chi connectivity index (χ0) is 17.2. The highest BCUT2D eigenvalue weighted by Crippen LogP contribution is 2.26. The molecule has 0 radical (unpaired) electrons. The lowest BCUT2D eigenvalue weighted by Crippen LogP contribution is -2.41. The fourth-order valence-electron chi connectivity index (χ4n) is 2.56. The van der Waals surface area contributed by atoms with E-state index in [0.717, 1.165) is 9.54 Å². The van der Waals surface area contributed by atoms with E-state index in [1.165, 1.54) is 13.2 Å². The van der Waals surface area contributed by atoms with Gasteiger partial charge in [0.2, 0.25) is 0 Å². The summed E-state index contributed by atoms with van der Waals surface area (Å²) >= 11 is 0.